The first-order valence-corrected chi connectivity index (χ1v) is 13.1. The summed E-state index contributed by atoms with van der Waals surface area (Å²) in [5, 5.41) is 3.10. The fraction of sp³-hybridized carbons (Fsp3) is 0.815. The lowest BCUT2D eigenvalue weighted by Crippen LogP contribution is -2.59. The van der Waals surface area contributed by atoms with Crippen molar-refractivity contribution in [1.29, 1.82) is 0 Å². The van der Waals surface area contributed by atoms with Crippen molar-refractivity contribution in [3.8, 4) is 0 Å². The summed E-state index contributed by atoms with van der Waals surface area (Å²) >= 11 is 0. The second-order valence-electron chi connectivity index (χ2n) is 10.4. The average Bonchev–Trinajstić information content (AvgIpc) is 2.79. The predicted molar refractivity (Wildman–Crippen MR) is 137 cm³/mol. The molecule has 2 unspecified atom stereocenters. The topological polar surface area (TPSA) is 79.0 Å². The summed E-state index contributed by atoms with van der Waals surface area (Å²) in [7, 11) is 1.75. The lowest BCUT2D eigenvalue weighted by atomic mass is 9.95. The van der Waals surface area contributed by atoms with Crippen LogP contribution in [0.4, 0.5) is 0 Å². The van der Waals surface area contributed by atoms with Crippen molar-refractivity contribution in [3.63, 3.8) is 0 Å². The van der Waals surface area contributed by atoms with Crippen molar-refractivity contribution in [1.82, 2.24) is 15.1 Å². The summed E-state index contributed by atoms with van der Waals surface area (Å²) < 4.78 is 5.10. The number of esters is 1. The molecular formula is C27H49N3O4. The number of hydrogen-bond acceptors (Lipinski definition) is 5. The Balaban J connectivity index is 3.07. The third-order valence-corrected chi connectivity index (χ3v) is 6.85. The number of likely N-dealkylation sites (tertiary alicyclic amines) is 1. The number of carbonyl (C=O) groups excluding carboxylic acids is 3. The zero-order chi connectivity index (χ0) is 26.0. The van der Waals surface area contributed by atoms with Crippen LogP contribution in [0.1, 0.15) is 87.5 Å². The van der Waals surface area contributed by atoms with E-state index in [-0.39, 0.29) is 41.7 Å². The summed E-state index contributed by atoms with van der Waals surface area (Å²) in [5.41, 5.74) is 0.480. The summed E-state index contributed by atoms with van der Waals surface area (Å²) in [5.74, 6) is -0.541. The van der Waals surface area contributed by atoms with E-state index in [4.69, 9.17) is 4.74 Å². The quantitative estimate of drug-likeness (QED) is 0.336. The molecule has 1 saturated heterocycles. The van der Waals surface area contributed by atoms with Crippen molar-refractivity contribution in [2.45, 2.75) is 112 Å². The van der Waals surface area contributed by atoms with Crippen molar-refractivity contribution in [2.75, 3.05) is 20.2 Å². The van der Waals surface area contributed by atoms with Gasteiger partial charge in [-0.1, -0.05) is 53.5 Å². The first-order chi connectivity index (χ1) is 16.0. The Kier molecular flexibility index (Phi) is 12.9. The predicted octanol–water partition coefficient (Wildman–Crippen LogP) is 4.16. The number of rotatable bonds is 12. The maximum atomic E-state index is 13.6. The van der Waals surface area contributed by atoms with Crippen LogP contribution in [0.15, 0.2) is 11.6 Å². The monoisotopic (exact) mass is 479 g/mol. The van der Waals surface area contributed by atoms with Crippen LogP contribution in [0.5, 0.6) is 0 Å². The van der Waals surface area contributed by atoms with E-state index in [2.05, 4.69) is 24.1 Å². The van der Waals surface area contributed by atoms with Gasteiger partial charge in [0.25, 0.3) is 0 Å². The first-order valence-electron chi connectivity index (χ1n) is 13.1. The van der Waals surface area contributed by atoms with Gasteiger partial charge in [0.1, 0.15) is 6.04 Å². The Hall–Kier alpha value is -1.89. The zero-order valence-electron chi connectivity index (χ0n) is 23.0. The van der Waals surface area contributed by atoms with Crippen LogP contribution in [0, 0.1) is 11.8 Å². The standard InChI is InChI=1S/C27H49N3O4/c1-10-14-21(8)30-16-13-12-15-22(30)25(31)28-24(19(5)6)26(32)29(9)23(18(3)4)17-20(7)27(33)34-11-2/h17-19,21-24H,10-16H2,1-9H3,(H,28,31)/t21?,22?,23-,24+/m1/s1. The SMILES string of the molecule is CCCC(C)N1CCCCC1C(=O)N[C@H](C(=O)N(C)[C@H](C=C(C)C(=O)OCC)C(C)C)C(C)C. The molecule has 1 aliphatic heterocycles. The van der Waals surface area contributed by atoms with Crippen LogP contribution in [0.3, 0.4) is 0 Å². The van der Waals surface area contributed by atoms with Gasteiger partial charge in [-0.25, -0.2) is 4.79 Å². The maximum absolute atomic E-state index is 13.6. The van der Waals surface area contributed by atoms with Gasteiger partial charge in [0, 0.05) is 18.7 Å². The Morgan fingerprint density at radius 2 is 1.74 bits per heavy atom. The number of carbonyl (C=O) groups is 3. The Morgan fingerprint density at radius 1 is 1.09 bits per heavy atom. The minimum Gasteiger partial charge on any atom is -0.463 e. The molecule has 0 bridgehead atoms. The van der Waals surface area contributed by atoms with Gasteiger partial charge in [0.15, 0.2) is 0 Å². The van der Waals surface area contributed by atoms with E-state index in [0.717, 1.165) is 38.6 Å². The van der Waals surface area contributed by atoms with Crippen LogP contribution in [-0.4, -0.2) is 72.0 Å². The molecule has 0 spiro atoms. The largest absolute Gasteiger partial charge is 0.463 e. The first kappa shape index (κ1) is 30.1. The van der Waals surface area contributed by atoms with Crippen molar-refractivity contribution >= 4 is 17.8 Å². The minimum atomic E-state index is -0.625. The average molecular weight is 480 g/mol. The zero-order valence-corrected chi connectivity index (χ0v) is 23.0. The van der Waals surface area contributed by atoms with E-state index in [0.29, 0.717) is 18.2 Å². The smallest absolute Gasteiger partial charge is 0.333 e. The number of nitrogens with zero attached hydrogens (tertiary/aromatic N) is 2. The van der Waals surface area contributed by atoms with Crippen LogP contribution < -0.4 is 5.32 Å². The Bertz CT molecular complexity index is 704. The van der Waals surface area contributed by atoms with Crippen LogP contribution in [-0.2, 0) is 19.1 Å². The minimum absolute atomic E-state index is 0.0533. The summed E-state index contributed by atoms with van der Waals surface area (Å²) in [6.45, 7) is 17.0. The fourth-order valence-electron chi connectivity index (χ4n) is 4.80. The van der Waals surface area contributed by atoms with Crippen molar-refractivity contribution in [3.05, 3.63) is 11.6 Å². The fourth-order valence-corrected chi connectivity index (χ4v) is 4.80. The molecule has 0 saturated carbocycles. The van der Waals surface area contributed by atoms with E-state index >= 15 is 0 Å². The molecule has 1 heterocycles. The number of ether oxygens (including phenoxy) is 1. The molecule has 0 radical (unpaired) electrons. The highest BCUT2D eigenvalue weighted by Gasteiger charge is 2.36. The molecular weight excluding hydrogens is 430 g/mol. The van der Waals surface area contributed by atoms with Crippen molar-refractivity contribution in [2.24, 2.45) is 11.8 Å². The van der Waals surface area contributed by atoms with Gasteiger partial charge in [0.2, 0.25) is 11.8 Å². The molecule has 196 valence electrons. The van der Waals surface area contributed by atoms with Crippen molar-refractivity contribution < 1.29 is 19.1 Å². The highest BCUT2D eigenvalue weighted by atomic mass is 16.5. The van der Waals surface area contributed by atoms with Crippen LogP contribution >= 0.6 is 0 Å². The lowest BCUT2D eigenvalue weighted by molar-refractivity contribution is -0.140. The van der Waals surface area contributed by atoms with Gasteiger partial charge in [-0.3, -0.25) is 14.5 Å². The number of likely N-dealkylation sites (N-methyl/N-ethyl adjacent to an activating group) is 1. The second kappa shape index (κ2) is 14.5. The molecule has 1 fully saturated rings. The van der Waals surface area contributed by atoms with Crippen LogP contribution in [0.2, 0.25) is 0 Å². The number of nitrogens with one attached hydrogen (secondary N) is 1. The van der Waals surface area contributed by atoms with Gasteiger partial charge < -0.3 is 15.0 Å². The molecule has 1 N–H and O–H groups in total. The van der Waals surface area contributed by atoms with E-state index < -0.39 is 6.04 Å². The molecule has 34 heavy (non-hydrogen) atoms. The van der Waals surface area contributed by atoms with E-state index in [1.165, 1.54) is 0 Å². The normalized spacial score (nSPS) is 20.1. The molecule has 0 aromatic heterocycles. The molecule has 7 nitrogen and oxygen atoms in total. The van der Waals surface area contributed by atoms with Gasteiger partial charge >= 0.3 is 5.97 Å². The summed E-state index contributed by atoms with van der Waals surface area (Å²) in [4.78, 5) is 43.1. The molecule has 7 heteroatoms. The highest BCUT2D eigenvalue weighted by molar-refractivity contribution is 5.91. The Labute approximate surface area is 207 Å². The highest BCUT2D eigenvalue weighted by Crippen LogP contribution is 2.23. The third-order valence-electron chi connectivity index (χ3n) is 6.85. The van der Waals surface area contributed by atoms with Gasteiger partial charge in [-0.05, 0) is 58.4 Å². The molecule has 0 aromatic rings. The summed E-state index contributed by atoms with van der Waals surface area (Å²) in [6, 6.07) is -0.758. The third kappa shape index (κ3) is 8.40. The summed E-state index contributed by atoms with van der Waals surface area (Å²) in [6.07, 6.45) is 6.90. The molecule has 1 rings (SSSR count). The number of amides is 2. The van der Waals surface area contributed by atoms with E-state index in [1.807, 2.05) is 27.7 Å². The molecule has 0 aromatic carbocycles. The molecule has 0 aliphatic carbocycles. The van der Waals surface area contributed by atoms with E-state index in [9.17, 15) is 14.4 Å². The van der Waals surface area contributed by atoms with Gasteiger partial charge in [-0.15, -0.1) is 0 Å². The van der Waals surface area contributed by atoms with Crippen LogP contribution in [0.25, 0.3) is 0 Å². The molecule has 4 atom stereocenters. The Morgan fingerprint density at radius 3 is 2.26 bits per heavy atom. The number of piperidine rings is 1. The second-order valence-corrected chi connectivity index (χ2v) is 10.4. The molecule has 2 amide bonds. The van der Waals surface area contributed by atoms with E-state index in [1.54, 1.807) is 31.9 Å². The van der Waals surface area contributed by atoms with Gasteiger partial charge in [-0.2, -0.15) is 0 Å². The lowest BCUT2D eigenvalue weighted by Gasteiger charge is -2.40. The number of hydrogen-bond donors (Lipinski definition) is 1. The molecule has 1 aliphatic rings. The van der Waals surface area contributed by atoms with Gasteiger partial charge in [0.05, 0.1) is 18.7 Å². The maximum Gasteiger partial charge on any atom is 0.333 e.